The molecule has 8 heteroatoms. The molecule has 0 aliphatic carbocycles. The fourth-order valence-corrected chi connectivity index (χ4v) is 4.53. The summed E-state index contributed by atoms with van der Waals surface area (Å²) in [6.07, 6.45) is 9.61. The van der Waals surface area contributed by atoms with Gasteiger partial charge in [-0.25, -0.2) is 4.98 Å². The number of aromatic nitrogens is 4. The van der Waals surface area contributed by atoms with E-state index >= 15 is 0 Å². The number of carbonyl (C=O) groups excluding carboxylic acids is 1. The van der Waals surface area contributed by atoms with E-state index in [1.54, 1.807) is 25.7 Å². The average Bonchev–Trinajstić information content (AvgIpc) is 3.43. The predicted octanol–water partition coefficient (Wildman–Crippen LogP) is 4.97. The fraction of sp³-hybridized carbons (Fsp3) is 0.500. The molecular formula is C24H33N5O2S. The Balaban J connectivity index is 1.85. The van der Waals surface area contributed by atoms with Crippen LogP contribution in [0.3, 0.4) is 0 Å². The van der Waals surface area contributed by atoms with Crippen LogP contribution in [0, 0.1) is 12.8 Å². The van der Waals surface area contributed by atoms with Gasteiger partial charge in [-0.15, -0.1) is 11.3 Å². The maximum atomic E-state index is 13.1. The number of carbonyl (C=O) groups is 1. The van der Waals surface area contributed by atoms with E-state index in [0.717, 1.165) is 40.6 Å². The van der Waals surface area contributed by atoms with Crippen molar-refractivity contribution in [3.05, 3.63) is 41.3 Å². The van der Waals surface area contributed by atoms with Gasteiger partial charge in [-0.05, 0) is 25.3 Å². The van der Waals surface area contributed by atoms with Gasteiger partial charge < -0.3 is 14.6 Å². The number of hydrogen-bond donors (Lipinski definition) is 1. The van der Waals surface area contributed by atoms with Crippen molar-refractivity contribution in [2.24, 2.45) is 5.92 Å². The average molecular weight is 456 g/mol. The van der Waals surface area contributed by atoms with Gasteiger partial charge >= 0.3 is 0 Å². The van der Waals surface area contributed by atoms with Crippen molar-refractivity contribution in [1.82, 2.24) is 24.8 Å². The van der Waals surface area contributed by atoms with Crippen LogP contribution in [0.15, 0.2) is 30.0 Å². The number of thiazole rings is 1. The maximum absolute atomic E-state index is 13.1. The Hall–Kier alpha value is -2.58. The van der Waals surface area contributed by atoms with Gasteiger partial charge in [0.2, 0.25) is 0 Å². The minimum absolute atomic E-state index is 0.0285. The highest BCUT2D eigenvalue weighted by molar-refractivity contribution is 7.13. The second-order valence-corrected chi connectivity index (χ2v) is 8.79. The third-order valence-electron chi connectivity index (χ3n) is 5.77. The number of rotatable bonds is 12. The van der Waals surface area contributed by atoms with Crippen molar-refractivity contribution < 1.29 is 9.53 Å². The monoisotopic (exact) mass is 455 g/mol. The lowest BCUT2D eigenvalue weighted by atomic mass is 9.99. The van der Waals surface area contributed by atoms with Crippen LogP contribution < -0.4 is 5.32 Å². The van der Waals surface area contributed by atoms with Crippen LogP contribution in [0.4, 0.5) is 0 Å². The van der Waals surface area contributed by atoms with Crippen molar-refractivity contribution >= 4 is 17.2 Å². The first kappa shape index (κ1) is 24.1. The van der Waals surface area contributed by atoms with E-state index in [4.69, 9.17) is 9.72 Å². The van der Waals surface area contributed by atoms with Gasteiger partial charge in [0.15, 0.2) is 0 Å². The topological polar surface area (TPSA) is 81.9 Å². The quantitative estimate of drug-likeness (QED) is 0.417. The molecule has 3 heterocycles. The number of amides is 1. The van der Waals surface area contributed by atoms with Crippen LogP contribution in [0.2, 0.25) is 0 Å². The van der Waals surface area contributed by atoms with Crippen molar-refractivity contribution in [3.63, 3.8) is 0 Å². The van der Waals surface area contributed by atoms with Crippen molar-refractivity contribution in [3.8, 4) is 22.1 Å². The van der Waals surface area contributed by atoms with Crippen molar-refractivity contribution in [2.75, 3.05) is 20.3 Å². The van der Waals surface area contributed by atoms with Gasteiger partial charge in [-0.1, -0.05) is 33.1 Å². The van der Waals surface area contributed by atoms with Gasteiger partial charge in [0.05, 0.1) is 29.8 Å². The molecular weight excluding hydrogens is 422 g/mol. The third kappa shape index (κ3) is 5.81. The highest BCUT2D eigenvalue weighted by Crippen LogP contribution is 2.30. The molecule has 0 aliphatic heterocycles. The third-order valence-corrected chi connectivity index (χ3v) is 6.64. The summed E-state index contributed by atoms with van der Waals surface area (Å²) in [5.41, 5.74) is 4.09. The molecule has 7 nitrogen and oxygen atoms in total. The highest BCUT2D eigenvalue weighted by atomic mass is 32.1. The SMILES string of the molecule is CCCCC(CC)CNC(=O)c1cc(-c2csc(-c3cnccn3)n2)n(CCOC)c1C. The zero-order valence-corrected chi connectivity index (χ0v) is 20.2. The molecule has 1 unspecified atom stereocenters. The standard InChI is InChI=1S/C24H33N5O2S/c1-5-7-8-18(6-2)14-27-23(30)19-13-22(29(17(19)3)11-12-31-4)21-16-32-24(28-21)20-15-25-9-10-26-20/h9-10,13,15-16,18H,5-8,11-12,14H2,1-4H3,(H,27,30). The van der Waals surface area contributed by atoms with E-state index < -0.39 is 0 Å². The lowest BCUT2D eigenvalue weighted by Gasteiger charge is -2.15. The van der Waals surface area contributed by atoms with E-state index in [1.165, 1.54) is 24.2 Å². The molecule has 32 heavy (non-hydrogen) atoms. The van der Waals surface area contributed by atoms with Crippen LogP contribution in [0.25, 0.3) is 22.1 Å². The van der Waals surface area contributed by atoms with Gasteiger partial charge in [0.25, 0.3) is 5.91 Å². The summed E-state index contributed by atoms with van der Waals surface area (Å²) in [7, 11) is 1.68. The fourth-order valence-electron chi connectivity index (χ4n) is 3.75. The minimum atomic E-state index is -0.0285. The molecule has 3 aromatic rings. The van der Waals surface area contributed by atoms with Gasteiger partial charge in [0, 0.05) is 43.7 Å². The van der Waals surface area contributed by atoms with E-state index in [9.17, 15) is 4.79 Å². The van der Waals surface area contributed by atoms with Crippen molar-refractivity contribution in [1.29, 1.82) is 0 Å². The number of methoxy groups -OCH3 is 1. The molecule has 1 atom stereocenters. The molecule has 172 valence electrons. The molecule has 0 aromatic carbocycles. The smallest absolute Gasteiger partial charge is 0.253 e. The minimum Gasteiger partial charge on any atom is -0.383 e. The molecule has 0 spiro atoms. The molecule has 0 aliphatic rings. The Kier molecular flexibility index (Phi) is 8.93. The lowest BCUT2D eigenvalue weighted by molar-refractivity contribution is 0.0945. The van der Waals surface area contributed by atoms with Crippen LogP contribution >= 0.6 is 11.3 Å². The lowest BCUT2D eigenvalue weighted by Crippen LogP contribution is -2.29. The molecule has 3 rings (SSSR count). The predicted molar refractivity (Wildman–Crippen MR) is 129 cm³/mol. The molecule has 3 aromatic heterocycles. The molecule has 0 fully saturated rings. The van der Waals surface area contributed by atoms with E-state index in [-0.39, 0.29) is 5.91 Å². The first-order valence-corrected chi connectivity index (χ1v) is 12.2. The Morgan fingerprint density at radius 1 is 1.28 bits per heavy atom. The zero-order valence-electron chi connectivity index (χ0n) is 19.4. The molecule has 0 bridgehead atoms. The van der Waals surface area contributed by atoms with Crippen LogP contribution in [0.1, 0.15) is 55.6 Å². The summed E-state index contributed by atoms with van der Waals surface area (Å²) in [5, 5.41) is 5.96. The summed E-state index contributed by atoms with van der Waals surface area (Å²) >= 11 is 1.52. The Labute approximate surface area is 194 Å². The maximum Gasteiger partial charge on any atom is 0.253 e. The summed E-state index contributed by atoms with van der Waals surface area (Å²) in [6.45, 7) is 8.29. The van der Waals surface area contributed by atoms with Crippen molar-refractivity contribution in [2.45, 2.75) is 53.0 Å². The first-order chi connectivity index (χ1) is 15.6. The molecule has 0 saturated heterocycles. The van der Waals surface area contributed by atoms with Crippen LogP contribution in [-0.2, 0) is 11.3 Å². The highest BCUT2D eigenvalue weighted by Gasteiger charge is 2.21. The normalized spacial score (nSPS) is 12.1. The van der Waals surface area contributed by atoms with Gasteiger partial charge in [-0.2, -0.15) is 0 Å². The molecule has 1 amide bonds. The summed E-state index contributed by atoms with van der Waals surface area (Å²) in [6, 6.07) is 1.95. The van der Waals surface area contributed by atoms with Crippen LogP contribution in [-0.4, -0.2) is 45.7 Å². The summed E-state index contributed by atoms with van der Waals surface area (Å²) in [5.74, 6) is 0.488. The Morgan fingerprint density at radius 3 is 2.81 bits per heavy atom. The largest absolute Gasteiger partial charge is 0.383 e. The number of ether oxygens (including phenoxy) is 1. The first-order valence-electron chi connectivity index (χ1n) is 11.3. The summed E-state index contributed by atoms with van der Waals surface area (Å²) in [4.78, 5) is 26.3. The second kappa shape index (κ2) is 11.9. The Bertz CT molecular complexity index is 999. The molecule has 0 radical (unpaired) electrons. The van der Waals surface area contributed by atoms with E-state index in [0.29, 0.717) is 31.2 Å². The number of nitrogens with one attached hydrogen (secondary N) is 1. The Morgan fingerprint density at radius 2 is 2.12 bits per heavy atom. The van der Waals surface area contributed by atoms with Gasteiger partial charge in [-0.3, -0.25) is 14.8 Å². The second-order valence-electron chi connectivity index (χ2n) is 7.93. The summed E-state index contributed by atoms with van der Waals surface area (Å²) < 4.78 is 7.42. The van der Waals surface area contributed by atoms with Gasteiger partial charge in [0.1, 0.15) is 10.7 Å². The van der Waals surface area contributed by atoms with Crippen LogP contribution in [0.5, 0.6) is 0 Å². The van der Waals surface area contributed by atoms with E-state index in [2.05, 4.69) is 33.7 Å². The number of hydrogen-bond acceptors (Lipinski definition) is 6. The molecule has 0 saturated carbocycles. The zero-order chi connectivity index (χ0) is 22.9. The number of nitrogens with zero attached hydrogens (tertiary/aromatic N) is 4. The molecule has 1 N–H and O–H groups in total. The van der Waals surface area contributed by atoms with E-state index in [1.807, 2.05) is 18.4 Å². The number of unbranched alkanes of at least 4 members (excludes halogenated alkanes) is 1.